The van der Waals surface area contributed by atoms with Gasteiger partial charge in [0.05, 0.1) is 12.2 Å². The Kier molecular flexibility index (Phi) is 4.22. The Hall–Kier alpha value is -2.57. The summed E-state index contributed by atoms with van der Waals surface area (Å²) < 4.78 is 10.6. The number of nitrogens with one attached hydrogen (secondary N) is 1. The van der Waals surface area contributed by atoms with Gasteiger partial charge in [0.2, 0.25) is 6.79 Å². The van der Waals surface area contributed by atoms with Crippen LogP contribution in [0.2, 0.25) is 0 Å². The van der Waals surface area contributed by atoms with Crippen LogP contribution >= 0.6 is 0 Å². The molecule has 1 aromatic carbocycles. The molecule has 7 heteroatoms. The second-order valence-electron chi connectivity index (χ2n) is 5.12. The number of hydrogen-bond donors (Lipinski definition) is 1. The minimum absolute atomic E-state index is 0.0851. The van der Waals surface area contributed by atoms with E-state index in [0.29, 0.717) is 17.2 Å². The highest BCUT2D eigenvalue weighted by Gasteiger charge is 2.22. The SMILES string of the molecule is C=NC/C(=N/Nc1ccc2c(c1)OCO2)C(=O)N1CCCC1. The number of carbonyl (C=O) groups is 1. The van der Waals surface area contributed by atoms with E-state index in [1.165, 1.54) is 0 Å². The Balaban J connectivity index is 1.72. The topological polar surface area (TPSA) is 75.5 Å². The van der Waals surface area contributed by atoms with Gasteiger partial charge in [-0.25, -0.2) is 0 Å². The number of rotatable bonds is 5. The molecule has 1 saturated heterocycles. The second-order valence-corrected chi connectivity index (χ2v) is 5.12. The maximum Gasteiger partial charge on any atom is 0.272 e. The standard InChI is InChI=1S/C15H18N4O3/c1-16-9-12(15(20)19-6-2-3-7-19)18-17-11-4-5-13-14(8-11)22-10-21-13/h4-5,8,17H,1-3,6-7,9-10H2/b18-12-. The Morgan fingerprint density at radius 1 is 1.27 bits per heavy atom. The Morgan fingerprint density at radius 2 is 2.05 bits per heavy atom. The molecule has 2 aliphatic heterocycles. The Labute approximate surface area is 128 Å². The summed E-state index contributed by atoms with van der Waals surface area (Å²) in [5, 5.41) is 4.20. The van der Waals surface area contributed by atoms with Crippen molar-refractivity contribution in [1.29, 1.82) is 0 Å². The minimum Gasteiger partial charge on any atom is -0.454 e. The first kappa shape index (κ1) is 14.4. The number of likely N-dealkylation sites (tertiary alicyclic amines) is 1. The lowest BCUT2D eigenvalue weighted by atomic mass is 10.3. The molecule has 1 fully saturated rings. The summed E-state index contributed by atoms with van der Waals surface area (Å²) in [6.45, 7) is 5.41. The lowest BCUT2D eigenvalue weighted by Gasteiger charge is -2.15. The molecule has 0 unspecified atom stereocenters. The van der Waals surface area contributed by atoms with Crippen molar-refractivity contribution in [2.75, 3.05) is 31.9 Å². The first-order chi connectivity index (χ1) is 10.8. The molecular formula is C15H18N4O3. The molecule has 0 aliphatic carbocycles. The van der Waals surface area contributed by atoms with Crippen molar-refractivity contribution in [2.45, 2.75) is 12.8 Å². The number of hydrogen-bond acceptors (Lipinski definition) is 6. The van der Waals surface area contributed by atoms with Crippen LogP contribution < -0.4 is 14.9 Å². The smallest absolute Gasteiger partial charge is 0.272 e. The fourth-order valence-corrected chi connectivity index (χ4v) is 2.46. The first-order valence-electron chi connectivity index (χ1n) is 7.22. The van der Waals surface area contributed by atoms with Gasteiger partial charge in [-0.2, -0.15) is 5.10 Å². The number of aliphatic imine (C=N–C) groups is 1. The number of fused-ring (bicyclic) bond motifs is 1. The van der Waals surface area contributed by atoms with Crippen LogP contribution in [0.5, 0.6) is 11.5 Å². The third kappa shape index (κ3) is 3.03. The van der Waals surface area contributed by atoms with Gasteiger partial charge in [0.1, 0.15) is 5.71 Å². The van der Waals surface area contributed by atoms with Gasteiger partial charge >= 0.3 is 0 Å². The van der Waals surface area contributed by atoms with Crippen LogP contribution in [-0.2, 0) is 4.79 Å². The highest BCUT2D eigenvalue weighted by atomic mass is 16.7. The molecule has 0 radical (unpaired) electrons. The summed E-state index contributed by atoms with van der Waals surface area (Å²) in [5.74, 6) is 1.28. The molecular weight excluding hydrogens is 284 g/mol. The molecule has 0 atom stereocenters. The Bertz CT molecular complexity index is 609. The zero-order chi connectivity index (χ0) is 15.4. The average Bonchev–Trinajstić information content (AvgIpc) is 3.21. The largest absolute Gasteiger partial charge is 0.454 e. The molecule has 3 rings (SSSR count). The normalized spacial score (nSPS) is 16.7. The van der Waals surface area contributed by atoms with Gasteiger partial charge in [-0.05, 0) is 31.7 Å². The van der Waals surface area contributed by atoms with Crippen LogP contribution in [0.15, 0.2) is 28.3 Å². The van der Waals surface area contributed by atoms with Gasteiger partial charge in [-0.1, -0.05) is 0 Å². The molecule has 0 bridgehead atoms. The summed E-state index contributed by atoms with van der Waals surface area (Å²) >= 11 is 0. The van der Waals surface area contributed by atoms with Gasteiger partial charge in [0.25, 0.3) is 5.91 Å². The van der Waals surface area contributed by atoms with E-state index in [1.807, 2.05) is 6.07 Å². The monoisotopic (exact) mass is 302 g/mol. The fraction of sp³-hybridized carbons (Fsp3) is 0.400. The molecule has 116 valence electrons. The summed E-state index contributed by atoms with van der Waals surface area (Å²) in [5.41, 5.74) is 3.96. The Morgan fingerprint density at radius 3 is 2.82 bits per heavy atom. The van der Waals surface area contributed by atoms with E-state index in [1.54, 1.807) is 17.0 Å². The molecule has 22 heavy (non-hydrogen) atoms. The van der Waals surface area contributed by atoms with Gasteiger partial charge in [0, 0.05) is 19.2 Å². The molecule has 7 nitrogen and oxygen atoms in total. The molecule has 0 spiro atoms. The number of benzene rings is 1. The van der Waals surface area contributed by atoms with E-state index >= 15 is 0 Å². The van der Waals surface area contributed by atoms with Crippen LogP contribution in [0.4, 0.5) is 5.69 Å². The van der Waals surface area contributed by atoms with Crippen molar-refractivity contribution in [3.8, 4) is 11.5 Å². The maximum absolute atomic E-state index is 12.4. The summed E-state index contributed by atoms with van der Waals surface area (Å²) in [7, 11) is 0. The number of hydrazone groups is 1. The summed E-state index contributed by atoms with van der Waals surface area (Å²) in [4.78, 5) is 17.9. The highest BCUT2D eigenvalue weighted by molar-refractivity contribution is 6.39. The number of nitrogens with zero attached hydrogens (tertiary/aromatic N) is 3. The zero-order valence-corrected chi connectivity index (χ0v) is 12.2. The summed E-state index contributed by atoms with van der Waals surface area (Å²) in [6, 6.07) is 5.40. The van der Waals surface area contributed by atoms with Crippen molar-refractivity contribution >= 4 is 24.0 Å². The highest BCUT2D eigenvalue weighted by Crippen LogP contribution is 2.34. The van der Waals surface area contributed by atoms with E-state index in [0.717, 1.165) is 31.6 Å². The van der Waals surface area contributed by atoms with Gasteiger partial charge in [-0.3, -0.25) is 15.2 Å². The minimum atomic E-state index is -0.0851. The van der Waals surface area contributed by atoms with Crippen molar-refractivity contribution < 1.29 is 14.3 Å². The average molecular weight is 302 g/mol. The third-order valence-electron chi connectivity index (χ3n) is 3.59. The predicted octanol–water partition coefficient (Wildman–Crippen LogP) is 1.51. The predicted molar refractivity (Wildman–Crippen MR) is 83.9 cm³/mol. The lowest BCUT2D eigenvalue weighted by molar-refractivity contribution is -0.123. The number of anilines is 1. The van der Waals surface area contributed by atoms with Crippen LogP contribution in [0.1, 0.15) is 12.8 Å². The van der Waals surface area contributed by atoms with E-state index in [4.69, 9.17) is 9.47 Å². The van der Waals surface area contributed by atoms with Crippen molar-refractivity contribution in [3.63, 3.8) is 0 Å². The first-order valence-corrected chi connectivity index (χ1v) is 7.22. The van der Waals surface area contributed by atoms with Crippen molar-refractivity contribution in [3.05, 3.63) is 18.2 Å². The molecule has 1 aromatic rings. The molecule has 2 heterocycles. The summed E-state index contributed by atoms with van der Waals surface area (Å²) in [6.07, 6.45) is 2.08. The van der Waals surface area contributed by atoms with E-state index in [2.05, 4.69) is 22.2 Å². The molecule has 0 aromatic heterocycles. The molecule has 0 saturated carbocycles. The zero-order valence-electron chi connectivity index (χ0n) is 12.2. The number of amides is 1. The van der Waals surface area contributed by atoms with E-state index in [9.17, 15) is 4.79 Å². The van der Waals surface area contributed by atoms with Crippen LogP contribution in [0, 0.1) is 0 Å². The van der Waals surface area contributed by atoms with Gasteiger partial charge < -0.3 is 14.4 Å². The molecule has 2 aliphatic rings. The van der Waals surface area contributed by atoms with Gasteiger partial charge in [-0.15, -0.1) is 0 Å². The van der Waals surface area contributed by atoms with Crippen molar-refractivity contribution in [1.82, 2.24) is 4.90 Å². The second kappa shape index (κ2) is 6.46. The molecule has 1 amide bonds. The van der Waals surface area contributed by atoms with Crippen LogP contribution in [-0.4, -0.2) is 49.7 Å². The maximum atomic E-state index is 12.4. The lowest BCUT2D eigenvalue weighted by Crippen LogP contribution is -2.36. The van der Waals surface area contributed by atoms with E-state index in [-0.39, 0.29) is 19.2 Å². The third-order valence-corrected chi connectivity index (χ3v) is 3.59. The van der Waals surface area contributed by atoms with Crippen LogP contribution in [0.3, 0.4) is 0 Å². The number of ether oxygens (including phenoxy) is 2. The van der Waals surface area contributed by atoms with Crippen molar-refractivity contribution in [2.24, 2.45) is 10.1 Å². The molecule has 1 N–H and O–H groups in total. The van der Waals surface area contributed by atoms with Crippen LogP contribution in [0.25, 0.3) is 0 Å². The quantitative estimate of drug-likeness (QED) is 0.661. The number of carbonyl (C=O) groups excluding carboxylic acids is 1. The van der Waals surface area contributed by atoms with E-state index < -0.39 is 0 Å². The van der Waals surface area contributed by atoms with Gasteiger partial charge in [0.15, 0.2) is 11.5 Å². The fourth-order valence-electron chi connectivity index (χ4n) is 2.46.